The summed E-state index contributed by atoms with van der Waals surface area (Å²) in [5, 5.41) is 3.50. The van der Waals surface area contributed by atoms with Crippen LogP contribution in [0.4, 0.5) is 0 Å². The third kappa shape index (κ3) is 3.34. The number of hydrogen-bond acceptors (Lipinski definition) is 3. The molecule has 0 aliphatic rings. The summed E-state index contributed by atoms with van der Waals surface area (Å²) in [6.07, 6.45) is 0. The van der Waals surface area contributed by atoms with Gasteiger partial charge in [0.2, 0.25) is 0 Å². The van der Waals surface area contributed by atoms with E-state index < -0.39 is 12.0 Å². The van der Waals surface area contributed by atoms with Crippen LogP contribution >= 0.6 is 0 Å². The van der Waals surface area contributed by atoms with Gasteiger partial charge >= 0.3 is 5.97 Å². The number of carbonyl (C=O) groups is 1. The van der Waals surface area contributed by atoms with E-state index in [1.165, 1.54) is 0 Å². The Morgan fingerprint density at radius 1 is 1.05 bits per heavy atom. The van der Waals surface area contributed by atoms with E-state index in [9.17, 15) is 4.79 Å². The Morgan fingerprint density at radius 2 is 1.63 bits per heavy atom. The molecule has 94 valence electrons. The van der Waals surface area contributed by atoms with E-state index in [-0.39, 0.29) is 0 Å². The van der Waals surface area contributed by atoms with E-state index in [4.69, 9.17) is 10.3 Å². The van der Waals surface area contributed by atoms with Crippen LogP contribution in [-0.2, 0) is 4.79 Å². The molecular formula is C14H11N3O2. The first-order valence-corrected chi connectivity index (χ1v) is 5.67. The summed E-state index contributed by atoms with van der Waals surface area (Å²) in [4.78, 5) is 14.7. The number of ether oxygens (including phenoxy) is 1. The summed E-state index contributed by atoms with van der Waals surface area (Å²) in [6, 6.07) is 16.5. The number of rotatable bonds is 4. The second-order valence-electron chi connectivity index (χ2n) is 3.75. The van der Waals surface area contributed by atoms with Gasteiger partial charge in [-0.05, 0) is 23.2 Å². The maximum absolute atomic E-state index is 12.0. The zero-order valence-corrected chi connectivity index (χ0v) is 10.0. The quantitative estimate of drug-likeness (QED) is 0.274. The van der Waals surface area contributed by atoms with Crippen molar-refractivity contribution in [2.45, 2.75) is 6.04 Å². The number of hydrogen-bond donors (Lipinski definition) is 0. The lowest BCUT2D eigenvalue weighted by Gasteiger charge is -2.10. The standard InChI is InChI=1S/C14H11N3O2/c15-17-16-13(11-7-3-1-4-8-11)14(18)19-12-9-5-2-6-10-12/h1-10,13H. The molecule has 5 heteroatoms. The van der Waals surface area contributed by atoms with Gasteiger partial charge in [-0.3, -0.25) is 4.79 Å². The van der Waals surface area contributed by atoms with Gasteiger partial charge in [0, 0.05) is 4.91 Å². The van der Waals surface area contributed by atoms with Gasteiger partial charge in [0.25, 0.3) is 0 Å². The van der Waals surface area contributed by atoms with Gasteiger partial charge in [0.1, 0.15) is 5.75 Å². The van der Waals surface area contributed by atoms with E-state index in [2.05, 4.69) is 10.0 Å². The van der Waals surface area contributed by atoms with Gasteiger partial charge in [0.15, 0.2) is 6.04 Å². The molecule has 1 atom stereocenters. The number of para-hydroxylation sites is 1. The highest BCUT2D eigenvalue weighted by atomic mass is 16.5. The molecule has 0 bridgehead atoms. The first kappa shape index (κ1) is 12.7. The smallest absolute Gasteiger partial charge is 0.324 e. The van der Waals surface area contributed by atoms with Crippen molar-refractivity contribution >= 4 is 5.97 Å². The Bertz CT molecular complexity index is 593. The molecule has 0 aliphatic heterocycles. The summed E-state index contributed by atoms with van der Waals surface area (Å²) >= 11 is 0. The molecule has 0 fully saturated rings. The summed E-state index contributed by atoms with van der Waals surface area (Å²) in [6.45, 7) is 0. The molecule has 0 N–H and O–H groups in total. The van der Waals surface area contributed by atoms with Crippen molar-refractivity contribution in [3.05, 3.63) is 76.7 Å². The van der Waals surface area contributed by atoms with E-state index in [1.54, 1.807) is 48.5 Å². The second kappa shape index (κ2) is 6.23. The molecule has 0 saturated carbocycles. The summed E-state index contributed by atoms with van der Waals surface area (Å²) < 4.78 is 5.18. The van der Waals surface area contributed by atoms with Crippen molar-refractivity contribution in [2.24, 2.45) is 5.11 Å². The SMILES string of the molecule is [N-]=[N+]=NC(C(=O)Oc1ccccc1)c1ccccc1. The molecule has 1 unspecified atom stereocenters. The molecule has 19 heavy (non-hydrogen) atoms. The Hall–Kier alpha value is -2.78. The minimum Gasteiger partial charge on any atom is -0.426 e. The van der Waals surface area contributed by atoms with Crippen LogP contribution < -0.4 is 4.74 Å². The molecule has 0 spiro atoms. The normalized spacial score (nSPS) is 11.2. The molecule has 0 aromatic heterocycles. The molecule has 0 radical (unpaired) electrons. The lowest BCUT2D eigenvalue weighted by molar-refractivity contribution is -0.135. The van der Waals surface area contributed by atoms with E-state index in [1.807, 2.05) is 12.1 Å². The number of esters is 1. The average molecular weight is 253 g/mol. The third-order valence-corrected chi connectivity index (χ3v) is 2.47. The lowest BCUT2D eigenvalue weighted by atomic mass is 10.1. The van der Waals surface area contributed by atoms with Crippen LogP contribution in [0.5, 0.6) is 5.75 Å². The molecule has 5 nitrogen and oxygen atoms in total. The van der Waals surface area contributed by atoms with Crippen molar-refractivity contribution in [1.82, 2.24) is 0 Å². The first-order chi connectivity index (χ1) is 9.31. The van der Waals surface area contributed by atoms with Crippen LogP contribution in [0.15, 0.2) is 65.8 Å². The van der Waals surface area contributed by atoms with Gasteiger partial charge in [0.05, 0.1) is 0 Å². The fourth-order valence-corrected chi connectivity index (χ4v) is 1.60. The lowest BCUT2D eigenvalue weighted by Crippen LogP contribution is -2.16. The van der Waals surface area contributed by atoms with Crippen LogP contribution in [0.3, 0.4) is 0 Å². The minimum atomic E-state index is -0.980. The average Bonchev–Trinajstić information content (AvgIpc) is 2.46. The number of azide groups is 1. The summed E-state index contributed by atoms with van der Waals surface area (Å²) in [5.74, 6) is -0.184. The highest BCUT2D eigenvalue weighted by Crippen LogP contribution is 2.21. The van der Waals surface area contributed by atoms with Crippen LogP contribution in [0, 0.1) is 0 Å². The number of benzene rings is 2. The van der Waals surface area contributed by atoms with Crippen LogP contribution in [-0.4, -0.2) is 5.97 Å². The van der Waals surface area contributed by atoms with Gasteiger partial charge in [-0.15, -0.1) is 0 Å². The van der Waals surface area contributed by atoms with Gasteiger partial charge in [-0.2, -0.15) is 0 Å². The number of carbonyl (C=O) groups excluding carboxylic acids is 1. The van der Waals surface area contributed by atoms with Gasteiger partial charge in [-0.1, -0.05) is 53.6 Å². The maximum Gasteiger partial charge on any atom is 0.324 e. The molecule has 0 heterocycles. The van der Waals surface area contributed by atoms with E-state index >= 15 is 0 Å². The van der Waals surface area contributed by atoms with E-state index in [0.717, 1.165) is 0 Å². The maximum atomic E-state index is 12.0. The molecular weight excluding hydrogens is 242 g/mol. The van der Waals surface area contributed by atoms with Crippen molar-refractivity contribution in [3.8, 4) is 5.75 Å². The monoisotopic (exact) mass is 253 g/mol. The Labute approximate surface area is 110 Å². The number of nitrogens with zero attached hydrogens (tertiary/aromatic N) is 3. The van der Waals surface area contributed by atoms with E-state index in [0.29, 0.717) is 11.3 Å². The van der Waals surface area contributed by atoms with Crippen LogP contribution in [0.25, 0.3) is 10.4 Å². The molecule has 2 aromatic rings. The topological polar surface area (TPSA) is 75.1 Å². The zero-order valence-electron chi connectivity index (χ0n) is 10.0. The predicted octanol–water partition coefficient (Wildman–Crippen LogP) is 3.64. The van der Waals surface area contributed by atoms with Crippen molar-refractivity contribution in [2.75, 3.05) is 0 Å². The highest BCUT2D eigenvalue weighted by molar-refractivity contribution is 5.80. The molecule has 0 saturated heterocycles. The third-order valence-electron chi connectivity index (χ3n) is 2.47. The molecule has 0 aliphatic carbocycles. The van der Waals surface area contributed by atoms with Crippen LogP contribution in [0.2, 0.25) is 0 Å². The Kier molecular flexibility index (Phi) is 4.16. The van der Waals surface area contributed by atoms with Crippen molar-refractivity contribution < 1.29 is 9.53 Å². The predicted molar refractivity (Wildman–Crippen MR) is 70.4 cm³/mol. The van der Waals surface area contributed by atoms with Crippen molar-refractivity contribution in [3.63, 3.8) is 0 Å². The van der Waals surface area contributed by atoms with Crippen molar-refractivity contribution in [1.29, 1.82) is 0 Å². The zero-order chi connectivity index (χ0) is 13.5. The van der Waals surface area contributed by atoms with Gasteiger partial charge in [-0.25, -0.2) is 0 Å². The molecule has 2 aromatic carbocycles. The Morgan fingerprint density at radius 3 is 2.21 bits per heavy atom. The fourth-order valence-electron chi connectivity index (χ4n) is 1.60. The molecule has 2 rings (SSSR count). The largest absolute Gasteiger partial charge is 0.426 e. The highest BCUT2D eigenvalue weighted by Gasteiger charge is 2.21. The van der Waals surface area contributed by atoms with Gasteiger partial charge < -0.3 is 4.74 Å². The summed E-state index contributed by atoms with van der Waals surface area (Å²) in [5.41, 5.74) is 9.16. The molecule has 0 amide bonds. The second-order valence-corrected chi connectivity index (χ2v) is 3.75. The minimum absolute atomic E-state index is 0.418. The first-order valence-electron chi connectivity index (χ1n) is 5.67. The fraction of sp³-hybridized carbons (Fsp3) is 0.0714. The summed E-state index contributed by atoms with van der Waals surface area (Å²) in [7, 11) is 0. The Balaban J connectivity index is 2.21. The van der Waals surface area contributed by atoms with Crippen LogP contribution in [0.1, 0.15) is 11.6 Å².